The van der Waals surface area contributed by atoms with E-state index in [9.17, 15) is 0 Å². The highest BCUT2D eigenvalue weighted by molar-refractivity contribution is 6.30. The van der Waals surface area contributed by atoms with Crippen LogP contribution in [-0.2, 0) is 0 Å². The van der Waals surface area contributed by atoms with Gasteiger partial charge in [0.15, 0.2) is 0 Å². The summed E-state index contributed by atoms with van der Waals surface area (Å²) in [5, 5.41) is 3.86. The summed E-state index contributed by atoms with van der Waals surface area (Å²) >= 11 is 5.98. The maximum Gasteiger partial charge on any atom is 0.137 e. The molecule has 94 valence electrons. The zero-order valence-electron chi connectivity index (χ0n) is 10.7. The molecule has 0 spiro atoms. The third-order valence-corrected chi connectivity index (χ3v) is 3.41. The highest BCUT2D eigenvalue weighted by Gasteiger charge is 2.11. The van der Waals surface area contributed by atoms with Gasteiger partial charge >= 0.3 is 0 Å². The van der Waals surface area contributed by atoms with Gasteiger partial charge in [0, 0.05) is 5.56 Å². The van der Waals surface area contributed by atoms with Crippen molar-refractivity contribution in [3.8, 4) is 0 Å². The van der Waals surface area contributed by atoms with Crippen molar-refractivity contribution < 1.29 is 0 Å². The Hall–Kier alpha value is -1.61. The van der Waals surface area contributed by atoms with Crippen LogP contribution in [0.1, 0.15) is 29.7 Å². The summed E-state index contributed by atoms with van der Waals surface area (Å²) < 4.78 is 0. The van der Waals surface area contributed by atoms with Gasteiger partial charge in [0.2, 0.25) is 0 Å². The van der Waals surface area contributed by atoms with Crippen LogP contribution in [0.4, 0.5) is 5.82 Å². The third kappa shape index (κ3) is 2.62. The Morgan fingerprint density at radius 3 is 2.61 bits per heavy atom. The molecule has 0 bridgehead atoms. The molecule has 18 heavy (non-hydrogen) atoms. The SMILES string of the molecule is Cc1ccccc1C(C)Nc1ncnc(Cl)c1C. The molecule has 1 N–H and O–H groups in total. The van der Waals surface area contributed by atoms with Crippen LogP contribution in [0.25, 0.3) is 0 Å². The summed E-state index contributed by atoms with van der Waals surface area (Å²) in [6.45, 7) is 6.13. The van der Waals surface area contributed by atoms with Crippen molar-refractivity contribution >= 4 is 17.4 Å². The van der Waals surface area contributed by atoms with Crippen molar-refractivity contribution in [1.82, 2.24) is 9.97 Å². The lowest BCUT2D eigenvalue weighted by molar-refractivity contribution is 0.859. The minimum atomic E-state index is 0.177. The lowest BCUT2D eigenvalue weighted by atomic mass is 10.0. The monoisotopic (exact) mass is 261 g/mol. The smallest absolute Gasteiger partial charge is 0.137 e. The molecular formula is C14H16ClN3. The van der Waals surface area contributed by atoms with Gasteiger partial charge in [0.25, 0.3) is 0 Å². The average molecular weight is 262 g/mol. The molecule has 0 radical (unpaired) electrons. The van der Waals surface area contributed by atoms with E-state index < -0.39 is 0 Å². The van der Waals surface area contributed by atoms with Crippen LogP contribution in [0.15, 0.2) is 30.6 Å². The van der Waals surface area contributed by atoms with E-state index in [-0.39, 0.29) is 6.04 Å². The molecule has 0 aliphatic rings. The number of nitrogens with zero attached hydrogens (tertiary/aromatic N) is 2. The van der Waals surface area contributed by atoms with E-state index in [1.807, 2.05) is 19.1 Å². The molecule has 1 heterocycles. The molecule has 1 aromatic carbocycles. The second kappa shape index (κ2) is 5.36. The Morgan fingerprint density at radius 1 is 1.17 bits per heavy atom. The maximum absolute atomic E-state index is 5.98. The number of anilines is 1. The van der Waals surface area contributed by atoms with Gasteiger partial charge in [-0.05, 0) is 31.9 Å². The van der Waals surface area contributed by atoms with Crippen LogP contribution in [0.5, 0.6) is 0 Å². The van der Waals surface area contributed by atoms with E-state index in [0.29, 0.717) is 5.15 Å². The lowest BCUT2D eigenvalue weighted by Crippen LogP contribution is -2.10. The molecule has 0 aliphatic carbocycles. The fraction of sp³-hybridized carbons (Fsp3) is 0.286. The molecule has 0 aliphatic heterocycles. The number of hydrogen-bond acceptors (Lipinski definition) is 3. The zero-order chi connectivity index (χ0) is 13.1. The van der Waals surface area contributed by atoms with E-state index in [0.717, 1.165) is 11.4 Å². The van der Waals surface area contributed by atoms with Gasteiger partial charge in [0.1, 0.15) is 17.3 Å². The molecule has 0 fully saturated rings. The van der Waals surface area contributed by atoms with E-state index in [1.54, 1.807) is 0 Å². The molecule has 0 amide bonds. The molecule has 1 aromatic heterocycles. The predicted molar refractivity (Wildman–Crippen MR) is 75.0 cm³/mol. The Labute approximate surface area is 112 Å². The summed E-state index contributed by atoms with van der Waals surface area (Å²) in [5.74, 6) is 0.783. The summed E-state index contributed by atoms with van der Waals surface area (Å²) in [7, 11) is 0. The summed E-state index contributed by atoms with van der Waals surface area (Å²) in [6.07, 6.45) is 1.47. The number of benzene rings is 1. The molecule has 2 rings (SSSR count). The predicted octanol–water partition coefficient (Wildman–Crippen LogP) is 3.92. The third-order valence-electron chi connectivity index (χ3n) is 3.03. The Morgan fingerprint density at radius 2 is 1.89 bits per heavy atom. The summed E-state index contributed by atoms with van der Waals surface area (Å²) in [4.78, 5) is 8.18. The molecule has 0 saturated carbocycles. The van der Waals surface area contributed by atoms with Crippen molar-refractivity contribution in [2.45, 2.75) is 26.8 Å². The molecule has 4 heteroatoms. The van der Waals surface area contributed by atoms with Gasteiger partial charge < -0.3 is 5.32 Å². The highest BCUT2D eigenvalue weighted by Crippen LogP contribution is 2.24. The molecule has 2 aromatic rings. The number of halogens is 1. The average Bonchev–Trinajstić information content (AvgIpc) is 2.35. The van der Waals surface area contributed by atoms with Crippen LogP contribution >= 0.6 is 11.6 Å². The van der Waals surface area contributed by atoms with E-state index in [2.05, 4.69) is 41.3 Å². The Bertz CT molecular complexity index is 554. The van der Waals surface area contributed by atoms with E-state index in [1.165, 1.54) is 17.5 Å². The van der Waals surface area contributed by atoms with Crippen molar-refractivity contribution in [1.29, 1.82) is 0 Å². The summed E-state index contributed by atoms with van der Waals surface area (Å²) in [6, 6.07) is 8.48. The van der Waals surface area contributed by atoms with Crippen molar-refractivity contribution in [3.63, 3.8) is 0 Å². The van der Waals surface area contributed by atoms with E-state index in [4.69, 9.17) is 11.6 Å². The van der Waals surface area contributed by atoms with Crippen LogP contribution in [0, 0.1) is 13.8 Å². The van der Waals surface area contributed by atoms with Gasteiger partial charge in [0.05, 0.1) is 6.04 Å². The van der Waals surface area contributed by atoms with E-state index >= 15 is 0 Å². The lowest BCUT2D eigenvalue weighted by Gasteiger charge is -2.18. The number of aromatic nitrogens is 2. The van der Waals surface area contributed by atoms with Gasteiger partial charge in [-0.15, -0.1) is 0 Å². The number of rotatable bonds is 3. The van der Waals surface area contributed by atoms with Gasteiger partial charge in [-0.3, -0.25) is 0 Å². The van der Waals surface area contributed by atoms with Crippen LogP contribution in [0.2, 0.25) is 5.15 Å². The van der Waals surface area contributed by atoms with Crippen molar-refractivity contribution in [3.05, 3.63) is 52.4 Å². The molecule has 3 nitrogen and oxygen atoms in total. The molecule has 1 atom stereocenters. The van der Waals surface area contributed by atoms with Crippen LogP contribution in [0.3, 0.4) is 0 Å². The Kier molecular flexibility index (Phi) is 3.82. The number of aryl methyl sites for hydroxylation is 1. The van der Waals surface area contributed by atoms with Gasteiger partial charge in [-0.1, -0.05) is 35.9 Å². The first-order chi connectivity index (χ1) is 8.59. The maximum atomic E-state index is 5.98. The zero-order valence-corrected chi connectivity index (χ0v) is 11.5. The van der Waals surface area contributed by atoms with Gasteiger partial charge in [-0.25, -0.2) is 9.97 Å². The molecular weight excluding hydrogens is 246 g/mol. The second-order valence-corrected chi connectivity index (χ2v) is 4.72. The fourth-order valence-corrected chi connectivity index (χ4v) is 2.06. The second-order valence-electron chi connectivity index (χ2n) is 4.36. The standard InChI is InChI=1S/C14H16ClN3/c1-9-6-4-5-7-12(9)11(3)18-14-10(2)13(15)16-8-17-14/h4-8,11H,1-3H3,(H,16,17,18). The molecule has 0 saturated heterocycles. The first-order valence-electron chi connectivity index (χ1n) is 5.88. The first kappa shape index (κ1) is 12.8. The van der Waals surface area contributed by atoms with Crippen LogP contribution in [-0.4, -0.2) is 9.97 Å². The van der Waals surface area contributed by atoms with Crippen molar-refractivity contribution in [2.24, 2.45) is 0 Å². The minimum Gasteiger partial charge on any atom is -0.363 e. The van der Waals surface area contributed by atoms with Gasteiger partial charge in [-0.2, -0.15) is 0 Å². The number of hydrogen-bond donors (Lipinski definition) is 1. The fourth-order valence-electron chi connectivity index (χ4n) is 1.93. The minimum absolute atomic E-state index is 0.177. The highest BCUT2D eigenvalue weighted by atomic mass is 35.5. The molecule has 1 unspecified atom stereocenters. The topological polar surface area (TPSA) is 37.8 Å². The largest absolute Gasteiger partial charge is 0.363 e. The Balaban J connectivity index is 2.24. The summed E-state index contributed by atoms with van der Waals surface area (Å²) in [5.41, 5.74) is 3.39. The number of nitrogens with one attached hydrogen (secondary N) is 1. The quantitative estimate of drug-likeness (QED) is 0.851. The van der Waals surface area contributed by atoms with Crippen molar-refractivity contribution in [2.75, 3.05) is 5.32 Å². The first-order valence-corrected chi connectivity index (χ1v) is 6.26. The van der Waals surface area contributed by atoms with Crippen LogP contribution < -0.4 is 5.32 Å². The normalized spacial score (nSPS) is 12.2.